The Morgan fingerprint density at radius 2 is 1.95 bits per heavy atom. The van der Waals surface area contributed by atoms with Gasteiger partial charge in [0.15, 0.2) is 0 Å². The van der Waals surface area contributed by atoms with Crippen LogP contribution in [0.1, 0.15) is 64.0 Å². The molecule has 0 saturated heterocycles. The highest BCUT2D eigenvalue weighted by Crippen LogP contribution is 2.49. The number of aliphatic hydroxyl groups excluding tert-OH is 1. The minimum Gasteiger partial charge on any atom is -0.489 e. The lowest BCUT2D eigenvalue weighted by Gasteiger charge is -2.52. The number of hydrogen-bond donors (Lipinski definition) is 1. The number of aliphatic hydroxyl groups is 1. The minimum absolute atomic E-state index is 0.0575. The van der Waals surface area contributed by atoms with Gasteiger partial charge in [-0.25, -0.2) is 0 Å². The van der Waals surface area contributed by atoms with Crippen molar-refractivity contribution in [1.29, 1.82) is 0 Å². The van der Waals surface area contributed by atoms with Crippen LogP contribution in [0.5, 0.6) is 5.75 Å². The zero-order chi connectivity index (χ0) is 14.9. The lowest BCUT2D eigenvalue weighted by molar-refractivity contribution is -0.159. The van der Waals surface area contributed by atoms with Gasteiger partial charge in [0.05, 0.1) is 6.10 Å². The summed E-state index contributed by atoms with van der Waals surface area (Å²) in [4.78, 5) is 0. The van der Waals surface area contributed by atoms with Crippen molar-refractivity contribution in [2.24, 2.45) is 5.41 Å². The maximum absolute atomic E-state index is 10.2. The Labute approximate surface area is 123 Å². The molecule has 1 aromatic rings. The Morgan fingerprint density at radius 1 is 1.30 bits per heavy atom. The van der Waals surface area contributed by atoms with Crippen molar-refractivity contribution in [2.45, 2.75) is 72.0 Å². The fourth-order valence-electron chi connectivity index (χ4n) is 3.44. The van der Waals surface area contributed by atoms with Gasteiger partial charge in [0.2, 0.25) is 0 Å². The predicted molar refractivity (Wildman–Crippen MR) is 83.3 cm³/mol. The number of hydrogen-bond acceptors (Lipinski definition) is 2. The lowest BCUT2D eigenvalue weighted by Crippen LogP contribution is -2.59. The van der Waals surface area contributed by atoms with E-state index in [1.54, 1.807) is 0 Å². The van der Waals surface area contributed by atoms with Crippen molar-refractivity contribution >= 4 is 0 Å². The van der Waals surface area contributed by atoms with E-state index >= 15 is 0 Å². The zero-order valence-electron chi connectivity index (χ0n) is 13.4. The van der Waals surface area contributed by atoms with Crippen LogP contribution < -0.4 is 4.74 Å². The van der Waals surface area contributed by atoms with E-state index < -0.39 is 0 Å². The van der Waals surface area contributed by atoms with Crippen LogP contribution in [0.2, 0.25) is 0 Å². The van der Waals surface area contributed by atoms with Crippen molar-refractivity contribution in [1.82, 2.24) is 0 Å². The molecule has 2 heteroatoms. The standard InChI is InChI=1S/C18H28O2/c1-6-18(7-2)16(19)11-17(18)20-15-10-13(5)8-9-14(15)12(3)4/h8-10,12,16-17,19H,6-7,11H2,1-5H3. The molecule has 0 heterocycles. The van der Waals surface area contributed by atoms with Crippen molar-refractivity contribution in [3.05, 3.63) is 29.3 Å². The molecular weight excluding hydrogens is 248 g/mol. The van der Waals surface area contributed by atoms with Crippen molar-refractivity contribution < 1.29 is 9.84 Å². The van der Waals surface area contributed by atoms with Crippen LogP contribution in [0.25, 0.3) is 0 Å². The fourth-order valence-corrected chi connectivity index (χ4v) is 3.44. The predicted octanol–water partition coefficient (Wildman–Crippen LogP) is 4.44. The zero-order valence-corrected chi connectivity index (χ0v) is 13.4. The molecule has 0 aliphatic heterocycles. The van der Waals surface area contributed by atoms with Gasteiger partial charge in [-0.15, -0.1) is 0 Å². The van der Waals surface area contributed by atoms with E-state index in [0.717, 1.165) is 25.0 Å². The lowest BCUT2D eigenvalue weighted by atomic mass is 9.60. The molecule has 2 nitrogen and oxygen atoms in total. The molecule has 112 valence electrons. The molecule has 0 bridgehead atoms. The summed E-state index contributed by atoms with van der Waals surface area (Å²) in [6.07, 6.45) is 2.63. The number of benzene rings is 1. The summed E-state index contributed by atoms with van der Waals surface area (Å²) in [5.74, 6) is 1.46. The topological polar surface area (TPSA) is 29.5 Å². The summed E-state index contributed by atoms with van der Waals surface area (Å²) in [6, 6.07) is 6.45. The van der Waals surface area contributed by atoms with Crippen LogP contribution in [0.3, 0.4) is 0 Å². The molecule has 1 aromatic carbocycles. The van der Waals surface area contributed by atoms with Crippen LogP contribution in [0, 0.1) is 12.3 Å². The van der Waals surface area contributed by atoms with Crippen LogP contribution in [-0.2, 0) is 0 Å². The van der Waals surface area contributed by atoms with E-state index in [0.29, 0.717) is 5.92 Å². The number of rotatable bonds is 5. The molecule has 2 atom stereocenters. The van der Waals surface area contributed by atoms with Gasteiger partial charge >= 0.3 is 0 Å². The Balaban J connectivity index is 2.24. The van der Waals surface area contributed by atoms with Gasteiger partial charge in [-0.1, -0.05) is 39.8 Å². The Morgan fingerprint density at radius 3 is 2.45 bits per heavy atom. The van der Waals surface area contributed by atoms with E-state index in [1.807, 2.05) is 0 Å². The van der Waals surface area contributed by atoms with E-state index in [4.69, 9.17) is 4.74 Å². The quantitative estimate of drug-likeness (QED) is 0.861. The number of aryl methyl sites for hydroxylation is 1. The molecule has 0 radical (unpaired) electrons. The summed E-state index contributed by atoms with van der Waals surface area (Å²) in [7, 11) is 0. The second-order valence-corrected chi connectivity index (χ2v) is 6.49. The highest BCUT2D eigenvalue weighted by Gasteiger charge is 2.53. The highest BCUT2D eigenvalue weighted by atomic mass is 16.5. The van der Waals surface area contributed by atoms with E-state index in [-0.39, 0.29) is 17.6 Å². The van der Waals surface area contributed by atoms with Crippen LogP contribution in [0.15, 0.2) is 18.2 Å². The highest BCUT2D eigenvalue weighted by molar-refractivity contribution is 5.39. The van der Waals surface area contributed by atoms with Crippen LogP contribution in [0.4, 0.5) is 0 Å². The maximum atomic E-state index is 10.2. The molecule has 1 aliphatic carbocycles. The molecule has 1 fully saturated rings. The Hall–Kier alpha value is -1.02. The van der Waals surface area contributed by atoms with Gasteiger partial charge in [0.1, 0.15) is 11.9 Å². The Bertz CT molecular complexity index is 460. The first-order valence-electron chi connectivity index (χ1n) is 7.89. The summed E-state index contributed by atoms with van der Waals surface area (Å²) >= 11 is 0. The first-order valence-corrected chi connectivity index (χ1v) is 7.89. The van der Waals surface area contributed by atoms with Gasteiger partial charge in [-0.3, -0.25) is 0 Å². The summed E-state index contributed by atoms with van der Waals surface area (Å²) in [5.41, 5.74) is 2.43. The van der Waals surface area contributed by atoms with E-state index in [1.165, 1.54) is 11.1 Å². The van der Waals surface area contributed by atoms with Crippen molar-refractivity contribution in [3.8, 4) is 5.75 Å². The minimum atomic E-state index is -0.213. The normalized spacial score (nSPS) is 24.6. The maximum Gasteiger partial charge on any atom is 0.123 e. The first kappa shape index (κ1) is 15.4. The third kappa shape index (κ3) is 2.46. The van der Waals surface area contributed by atoms with Crippen LogP contribution in [-0.4, -0.2) is 17.3 Å². The Kier molecular flexibility index (Phi) is 4.43. The van der Waals surface area contributed by atoms with Crippen molar-refractivity contribution in [2.75, 3.05) is 0 Å². The monoisotopic (exact) mass is 276 g/mol. The second kappa shape index (κ2) is 5.77. The molecule has 2 rings (SSSR count). The third-order valence-corrected chi connectivity index (χ3v) is 5.12. The molecule has 1 saturated carbocycles. The number of ether oxygens (including phenoxy) is 1. The summed E-state index contributed by atoms with van der Waals surface area (Å²) in [6.45, 7) is 10.8. The molecule has 20 heavy (non-hydrogen) atoms. The second-order valence-electron chi connectivity index (χ2n) is 6.49. The van der Waals surface area contributed by atoms with E-state index in [2.05, 4.69) is 52.8 Å². The third-order valence-electron chi connectivity index (χ3n) is 5.12. The van der Waals surface area contributed by atoms with Gasteiger partial charge in [0, 0.05) is 11.8 Å². The van der Waals surface area contributed by atoms with Crippen LogP contribution >= 0.6 is 0 Å². The molecule has 2 unspecified atom stereocenters. The summed E-state index contributed by atoms with van der Waals surface area (Å²) < 4.78 is 6.33. The molecule has 1 N–H and O–H groups in total. The van der Waals surface area contributed by atoms with Crippen molar-refractivity contribution in [3.63, 3.8) is 0 Å². The first-order chi connectivity index (χ1) is 9.44. The molecule has 0 amide bonds. The van der Waals surface area contributed by atoms with Gasteiger partial charge in [0.25, 0.3) is 0 Å². The molecule has 0 aromatic heterocycles. The van der Waals surface area contributed by atoms with E-state index in [9.17, 15) is 5.11 Å². The van der Waals surface area contributed by atoms with Gasteiger partial charge < -0.3 is 9.84 Å². The van der Waals surface area contributed by atoms with Gasteiger partial charge in [-0.05, 0) is 42.9 Å². The molecule has 1 aliphatic rings. The smallest absolute Gasteiger partial charge is 0.123 e. The average molecular weight is 276 g/mol. The fraction of sp³-hybridized carbons (Fsp3) is 0.667. The average Bonchev–Trinajstić information content (AvgIpc) is 2.39. The largest absolute Gasteiger partial charge is 0.489 e. The molecular formula is C18H28O2. The molecule has 0 spiro atoms. The SMILES string of the molecule is CCC1(CC)C(O)CC1Oc1cc(C)ccc1C(C)C. The summed E-state index contributed by atoms with van der Waals surface area (Å²) in [5, 5.41) is 10.2. The van der Waals surface area contributed by atoms with Gasteiger partial charge in [-0.2, -0.15) is 0 Å².